The second-order valence-electron chi connectivity index (χ2n) is 6.94. The predicted octanol–water partition coefficient (Wildman–Crippen LogP) is 4.16. The van der Waals surface area contributed by atoms with Gasteiger partial charge in [0.25, 0.3) is 0 Å². The van der Waals surface area contributed by atoms with Crippen molar-refractivity contribution >= 4 is 0 Å². The Hall–Kier alpha value is -1.33. The van der Waals surface area contributed by atoms with Gasteiger partial charge in [-0.3, -0.25) is 0 Å². The lowest BCUT2D eigenvalue weighted by Crippen LogP contribution is -2.51. The van der Waals surface area contributed by atoms with E-state index in [9.17, 15) is 10.4 Å². The number of rotatable bonds is 1. The van der Waals surface area contributed by atoms with Crippen LogP contribution in [-0.4, -0.2) is 10.7 Å². The van der Waals surface area contributed by atoms with Gasteiger partial charge in [0.15, 0.2) is 0 Å². The molecule has 1 N–H and O–H groups in total. The molecule has 2 aliphatic rings. The van der Waals surface area contributed by atoms with Gasteiger partial charge < -0.3 is 5.11 Å². The Morgan fingerprint density at radius 1 is 0.905 bits per heavy atom. The summed E-state index contributed by atoms with van der Waals surface area (Å²) >= 11 is 0. The molecule has 1 unspecified atom stereocenters. The molecule has 2 aliphatic carbocycles. The van der Waals surface area contributed by atoms with E-state index in [2.05, 4.69) is 24.3 Å². The summed E-state index contributed by atoms with van der Waals surface area (Å²) in [7, 11) is 0. The lowest BCUT2D eigenvalue weighted by atomic mass is 9.60. The smallest absolute Gasteiger partial charge is 0.0876 e. The molecule has 0 spiro atoms. The molecule has 0 aliphatic heterocycles. The van der Waals surface area contributed by atoms with Gasteiger partial charge in [0.05, 0.1) is 17.1 Å². The van der Waals surface area contributed by atoms with E-state index in [-0.39, 0.29) is 0 Å². The molecular formula is C19H25NO. The first kappa shape index (κ1) is 14.6. The van der Waals surface area contributed by atoms with Gasteiger partial charge in [0.1, 0.15) is 0 Å². The molecule has 0 heterocycles. The number of aryl methyl sites for hydroxylation is 1. The molecule has 0 saturated heterocycles. The first-order valence-electron chi connectivity index (χ1n) is 8.40. The average molecular weight is 283 g/mol. The zero-order valence-corrected chi connectivity index (χ0v) is 12.8. The Balaban J connectivity index is 1.91. The Morgan fingerprint density at radius 2 is 1.52 bits per heavy atom. The van der Waals surface area contributed by atoms with E-state index in [4.69, 9.17) is 0 Å². The Bertz CT molecular complexity index is 537. The molecule has 3 rings (SSSR count). The third-order valence-electron chi connectivity index (χ3n) is 5.72. The van der Waals surface area contributed by atoms with Crippen LogP contribution in [0, 0.1) is 16.7 Å². The second kappa shape index (κ2) is 5.81. The van der Waals surface area contributed by atoms with Gasteiger partial charge >= 0.3 is 0 Å². The molecule has 1 aromatic rings. The standard InChI is InChI=1S/C19H25NO/c20-15-18(11-6-2-1-3-7-12-18)19(21)13-10-16-8-4-5-9-17(16)14-19/h4-5,8-9,21H,1-3,6-7,10-14H2. The Labute approximate surface area is 127 Å². The molecule has 2 heteroatoms. The van der Waals surface area contributed by atoms with E-state index in [1.807, 2.05) is 6.07 Å². The van der Waals surface area contributed by atoms with Gasteiger partial charge in [-0.15, -0.1) is 0 Å². The van der Waals surface area contributed by atoms with Crippen molar-refractivity contribution in [1.82, 2.24) is 0 Å². The van der Waals surface area contributed by atoms with Crippen LogP contribution >= 0.6 is 0 Å². The van der Waals surface area contributed by atoms with Crippen molar-refractivity contribution in [3.63, 3.8) is 0 Å². The van der Waals surface area contributed by atoms with Crippen LogP contribution in [0.3, 0.4) is 0 Å². The molecule has 21 heavy (non-hydrogen) atoms. The van der Waals surface area contributed by atoms with E-state index >= 15 is 0 Å². The average Bonchev–Trinajstić information content (AvgIpc) is 2.47. The summed E-state index contributed by atoms with van der Waals surface area (Å²) in [5.74, 6) is 0. The van der Waals surface area contributed by atoms with Crippen LogP contribution in [-0.2, 0) is 12.8 Å². The third-order valence-corrected chi connectivity index (χ3v) is 5.72. The number of hydrogen-bond acceptors (Lipinski definition) is 2. The van der Waals surface area contributed by atoms with Crippen LogP contribution < -0.4 is 0 Å². The summed E-state index contributed by atoms with van der Waals surface area (Å²) < 4.78 is 0. The molecule has 0 amide bonds. The normalized spacial score (nSPS) is 28.8. The summed E-state index contributed by atoms with van der Waals surface area (Å²) in [6.45, 7) is 0. The van der Waals surface area contributed by atoms with Crippen LogP contribution in [0.15, 0.2) is 24.3 Å². The Morgan fingerprint density at radius 3 is 2.19 bits per heavy atom. The largest absolute Gasteiger partial charge is 0.388 e. The Kier molecular flexibility index (Phi) is 4.04. The van der Waals surface area contributed by atoms with Crippen LogP contribution in [0.5, 0.6) is 0 Å². The van der Waals surface area contributed by atoms with Crippen molar-refractivity contribution in [3.8, 4) is 6.07 Å². The van der Waals surface area contributed by atoms with Crippen molar-refractivity contribution in [2.24, 2.45) is 5.41 Å². The van der Waals surface area contributed by atoms with Crippen molar-refractivity contribution in [1.29, 1.82) is 5.26 Å². The van der Waals surface area contributed by atoms with Crippen molar-refractivity contribution in [2.75, 3.05) is 0 Å². The fraction of sp³-hybridized carbons (Fsp3) is 0.632. The molecule has 2 nitrogen and oxygen atoms in total. The third kappa shape index (κ3) is 2.60. The number of nitrogens with zero attached hydrogens (tertiary/aromatic N) is 1. The molecule has 0 bridgehead atoms. The number of nitriles is 1. The monoisotopic (exact) mass is 283 g/mol. The van der Waals surface area contributed by atoms with Crippen LogP contribution in [0.2, 0.25) is 0 Å². The highest BCUT2D eigenvalue weighted by molar-refractivity contribution is 5.33. The summed E-state index contributed by atoms with van der Waals surface area (Å²) in [6.07, 6.45) is 9.86. The van der Waals surface area contributed by atoms with Crippen molar-refractivity contribution in [2.45, 2.75) is 69.8 Å². The van der Waals surface area contributed by atoms with E-state index in [0.29, 0.717) is 6.42 Å². The minimum absolute atomic E-state index is 0.541. The highest BCUT2D eigenvalue weighted by atomic mass is 16.3. The van der Waals surface area contributed by atoms with Crippen LogP contribution in [0.4, 0.5) is 0 Å². The molecular weight excluding hydrogens is 258 g/mol. The first-order valence-corrected chi connectivity index (χ1v) is 8.40. The van der Waals surface area contributed by atoms with Gasteiger partial charge in [0.2, 0.25) is 0 Å². The maximum atomic E-state index is 11.4. The number of benzene rings is 1. The summed E-state index contributed by atoms with van der Waals surface area (Å²) in [4.78, 5) is 0. The number of hydrogen-bond donors (Lipinski definition) is 1. The summed E-state index contributed by atoms with van der Waals surface area (Å²) in [5, 5.41) is 21.3. The summed E-state index contributed by atoms with van der Waals surface area (Å²) in [5.41, 5.74) is 1.21. The first-order chi connectivity index (χ1) is 10.2. The zero-order chi connectivity index (χ0) is 14.8. The van der Waals surface area contributed by atoms with Gasteiger partial charge in [-0.1, -0.05) is 56.4 Å². The van der Waals surface area contributed by atoms with E-state index in [1.165, 1.54) is 30.4 Å². The van der Waals surface area contributed by atoms with Crippen molar-refractivity contribution in [3.05, 3.63) is 35.4 Å². The quantitative estimate of drug-likeness (QED) is 0.841. The SMILES string of the molecule is N#CC1(C2(O)CCc3ccccc3C2)CCCCCCC1. The maximum Gasteiger partial charge on any atom is 0.0876 e. The van der Waals surface area contributed by atoms with Crippen LogP contribution in [0.25, 0.3) is 0 Å². The highest BCUT2D eigenvalue weighted by Crippen LogP contribution is 2.48. The fourth-order valence-corrected chi connectivity index (χ4v) is 4.32. The van der Waals surface area contributed by atoms with E-state index in [1.54, 1.807) is 0 Å². The van der Waals surface area contributed by atoms with Gasteiger partial charge in [-0.25, -0.2) is 0 Å². The van der Waals surface area contributed by atoms with Crippen LogP contribution in [0.1, 0.15) is 62.5 Å². The van der Waals surface area contributed by atoms with Gasteiger partial charge in [-0.2, -0.15) is 5.26 Å². The molecule has 1 fully saturated rings. The molecule has 1 saturated carbocycles. The molecule has 0 radical (unpaired) electrons. The minimum atomic E-state index is -0.840. The fourth-order valence-electron chi connectivity index (χ4n) is 4.32. The predicted molar refractivity (Wildman–Crippen MR) is 83.8 cm³/mol. The minimum Gasteiger partial charge on any atom is -0.388 e. The lowest BCUT2D eigenvalue weighted by molar-refractivity contribution is -0.0774. The van der Waals surface area contributed by atoms with E-state index < -0.39 is 11.0 Å². The maximum absolute atomic E-state index is 11.4. The topological polar surface area (TPSA) is 44.0 Å². The molecule has 0 aromatic heterocycles. The number of aliphatic hydroxyl groups is 1. The van der Waals surface area contributed by atoms with Crippen molar-refractivity contribution < 1.29 is 5.11 Å². The molecule has 1 aromatic carbocycles. The second-order valence-corrected chi connectivity index (χ2v) is 6.94. The van der Waals surface area contributed by atoms with E-state index in [0.717, 1.165) is 38.5 Å². The lowest BCUT2D eigenvalue weighted by Gasteiger charge is -2.46. The molecule has 1 atom stereocenters. The molecule has 112 valence electrons. The highest BCUT2D eigenvalue weighted by Gasteiger charge is 2.51. The number of fused-ring (bicyclic) bond motifs is 1. The van der Waals surface area contributed by atoms with Gasteiger partial charge in [-0.05, 0) is 36.8 Å². The van der Waals surface area contributed by atoms with Gasteiger partial charge in [0, 0.05) is 6.42 Å². The summed E-state index contributed by atoms with van der Waals surface area (Å²) in [6, 6.07) is 11.0. The zero-order valence-electron chi connectivity index (χ0n) is 12.8.